The second kappa shape index (κ2) is 7.69. The van der Waals surface area contributed by atoms with Crippen molar-refractivity contribution in [2.24, 2.45) is 0 Å². The number of nitrogens with one attached hydrogen (secondary N) is 2. The molecule has 0 saturated carbocycles. The fourth-order valence-electron chi connectivity index (χ4n) is 1.90. The summed E-state index contributed by atoms with van der Waals surface area (Å²) in [6.07, 6.45) is 1.86. The van der Waals surface area contributed by atoms with Crippen LogP contribution in [0.5, 0.6) is 0 Å². The molecule has 2 aromatic carbocycles. The number of hydrogen-bond acceptors (Lipinski definition) is 1. The lowest BCUT2D eigenvalue weighted by atomic mass is 10.1. The Morgan fingerprint density at radius 3 is 2.52 bits per heavy atom. The summed E-state index contributed by atoms with van der Waals surface area (Å²) in [5, 5.41) is 6.05. The van der Waals surface area contributed by atoms with E-state index in [0.717, 1.165) is 18.9 Å². The minimum atomic E-state index is -0.663. The fraction of sp³-hybridized carbons (Fsp3) is 0.188. The minimum absolute atomic E-state index is 0.164. The summed E-state index contributed by atoms with van der Waals surface area (Å²) in [6.45, 7) is 0.684. The van der Waals surface area contributed by atoms with E-state index in [4.69, 9.17) is 12.2 Å². The Kier molecular flexibility index (Phi) is 5.63. The van der Waals surface area contributed by atoms with Crippen molar-refractivity contribution >= 4 is 23.0 Å². The van der Waals surface area contributed by atoms with Crippen molar-refractivity contribution in [2.45, 2.75) is 12.8 Å². The molecule has 0 radical (unpaired) electrons. The molecule has 0 aliphatic rings. The summed E-state index contributed by atoms with van der Waals surface area (Å²) >= 11 is 5.08. The molecule has 2 rings (SSSR count). The summed E-state index contributed by atoms with van der Waals surface area (Å²) in [4.78, 5) is 0. The van der Waals surface area contributed by atoms with E-state index in [0.29, 0.717) is 11.7 Å². The van der Waals surface area contributed by atoms with Gasteiger partial charge in [0.2, 0.25) is 0 Å². The molecule has 2 N–H and O–H groups in total. The lowest BCUT2D eigenvalue weighted by Gasteiger charge is -2.11. The van der Waals surface area contributed by atoms with Crippen LogP contribution in [0.15, 0.2) is 48.5 Å². The molecular weight excluding hydrogens is 290 g/mol. The number of rotatable bonds is 5. The van der Waals surface area contributed by atoms with Gasteiger partial charge < -0.3 is 10.6 Å². The first-order valence-electron chi connectivity index (χ1n) is 6.69. The lowest BCUT2D eigenvalue weighted by molar-refractivity contribution is 0.586. The van der Waals surface area contributed by atoms with E-state index in [1.54, 1.807) is 0 Å². The Balaban J connectivity index is 1.72. The molecule has 0 spiro atoms. The highest BCUT2D eigenvalue weighted by atomic mass is 32.1. The van der Waals surface area contributed by atoms with E-state index < -0.39 is 11.6 Å². The van der Waals surface area contributed by atoms with Gasteiger partial charge in [0.25, 0.3) is 0 Å². The molecule has 0 aliphatic carbocycles. The quantitative estimate of drug-likeness (QED) is 0.647. The van der Waals surface area contributed by atoms with Crippen LogP contribution in [-0.4, -0.2) is 11.7 Å². The van der Waals surface area contributed by atoms with Crippen LogP contribution >= 0.6 is 12.2 Å². The van der Waals surface area contributed by atoms with Gasteiger partial charge >= 0.3 is 0 Å². The summed E-state index contributed by atoms with van der Waals surface area (Å²) in [5.41, 5.74) is 1.43. The number of benzene rings is 2. The van der Waals surface area contributed by atoms with E-state index in [2.05, 4.69) is 22.8 Å². The Labute approximate surface area is 128 Å². The number of aryl methyl sites for hydroxylation is 1. The van der Waals surface area contributed by atoms with E-state index in [-0.39, 0.29) is 5.69 Å². The topological polar surface area (TPSA) is 24.1 Å². The average Bonchev–Trinajstić information content (AvgIpc) is 2.48. The van der Waals surface area contributed by atoms with E-state index in [1.807, 2.05) is 18.2 Å². The van der Waals surface area contributed by atoms with Crippen LogP contribution in [0.1, 0.15) is 12.0 Å². The van der Waals surface area contributed by atoms with E-state index >= 15 is 0 Å². The molecule has 0 bridgehead atoms. The Morgan fingerprint density at radius 2 is 1.81 bits per heavy atom. The van der Waals surface area contributed by atoms with Crippen molar-refractivity contribution in [3.63, 3.8) is 0 Å². The first kappa shape index (κ1) is 15.4. The van der Waals surface area contributed by atoms with Gasteiger partial charge in [0.1, 0.15) is 11.6 Å². The van der Waals surface area contributed by atoms with Crippen LogP contribution in [0.2, 0.25) is 0 Å². The molecule has 0 unspecified atom stereocenters. The van der Waals surface area contributed by atoms with Gasteiger partial charge in [0, 0.05) is 12.6 Å². The summed E-state index contributed by atoms with van der Waals surface area (Å²) in [6, 6.07) is 13.5. The molecule has 0 amide bonds. The lowest BCUT2D eigenvalue weighted by Crippen LogP contribution is -2.29. The van der Waals surface area contributed by atoms with Crippen LogP contribution < -0.4 is 10.6 Å². The van der Waals surface area contributed by atoms with Gasteiger partial charge in [0.05, 0.1) is 5.69 Å². The van der Waals surface area contributed by atoms with Crippen molar-refractivity contribution in [1.29, 1.82) is 0 Å². The van der Waals surface area contributed by atoms with Crippen molar-refractivity contribution < 1.29 is 8.78 Å². The van der Waals surface area contributed by atoms with Crippen LogP contribution in [0.25, 0.3) is 0 Å². The van der Waals surface area contributed by atoms with Gasteiger partial charge in [-0.15, -0.1) is 0 Å². The summed E-state index contributed by atoms with van der Waals surface area (Å²) in [5.74, 6) is -1.27. The molecule has 0 saturated heterocycles. The summed E-state index contributed by atoms with van der Waals surface area (Å²) < 4.78 is 26.2. The maximum Gasteiger partial charge on any atom is 0.170 e. The Morgan fingerprint density at radius 1 is 1.05 bits per heavy atom. The van der Waals surface area contributed by atoms with Crippen LogP contribution in [0.3, 0.4) is 0 Å². The van der Waals surface area contributed by atoms with Gasteiger partial charge in [-0.05, 0) is 42.8 Å². The second-order valence-corrected chi connectivity index (χ2v) is 5.00. The molecular formula is C16H16F2N2S. The van der Waals surface area contributed by atoms with Crippen molar-refractivity contribution in [3.05, 3.63) is 65.7 Å². The molecule has 5 heteroatoms. The first-order valence-corrected chi connectivity index (χ1v) is 7.10. The number of halogens is 2. The SMILES string of the molecule is Fc1ccc(NC(=S)NCCCc2ccccc2)c(F)c1. The molecule has 110 valence electrons. The van der Waals surface area contributed by atoms with Crippen LogP contribution in [0.4, 0.5) is 14.5 Å². The van der Waals surface area contributed by atoms with Crippen LogP contribution in [0, 0.1) is 11.6 Å². The minimum Gasteiger partial charge on any atom is -0.362 e. The molecule has 0 aromatic heterocycles. The molecule has 0 atom stereocenters. The van der Waals surface area contributed by atoms with Crippen molar-refractivity contribution in [3.8, 4) is 0 Å². The summed E-state index contributed by atoms with van der Waals surface area (Å²) in [7, 11) is 0. The van der Waals surface area contributed by atoms with Gasteiger partial charge in [-0.1, -0.05) is 30.3 Å². The molecule has 0 fully saturated rings. The zero-order chi connectivity index (χ0) is 15.1. The van der Waals surface area contributed by atoms with Gasteiger partial charge in [-0.25, -0.2) is 8.78 Å². The van der Waals surface area contributed by atoms with E-state index in [9.17, 15) is 8.78 Å². The second-order valence-electron chi connectivity index (χ2n) is 4.59. The number of hydrogen-bond donors (Lipinski definition) is 2. The van der Waals surface area contributed by atoms with Gasteiger partial charge in [-0.2, -0.15) is 0 Å². The number of thiocarbonyl (C=S) groups is 1. The third kappa shape index (κ3) is 5.11. The van der Waals surface area contributed by atoms with Crippen molar-refractivity contribution in [1.82, 2.24) is 5.32 Å². The standard InChI is InChI=1S/C16H16F2N2S/c17-13-8-9-15(14(18)11-13)20-16(21)19-10-4-7-12-5-2-1-3-6-12/h1-3,5-6,8-9,11H,4,7,10H2,(H2,19,20,21). The third-order valence-electron chi connectivity index (χ3n) is 2.95. The number of anilines is 1. The van der Waals surface area contributed by atoms with E-state index in [1.165, 1.54) is 17.7 Å². The highest BCUT2D eigenvalue weighted by molar-refractivity contribution is 7.80. The smallest absolute Gasteiger partial charge is 0.170 e. The predicted molar refractivity (Wildman–Crippen MR) is 85.3 cm³/mol. The Bertz CT molecular complexity index is 602. The average molecular weight is 306 g/mol. The third-order valence-corrected chi connectivity index (χ3v) is 3.20. The monoisotopic (exact) mass is 306 g/mol. The maximum absolute atomic E-state index is 13.4. The predicted octanol–water partition coefficient (Wildman–Crippen LogP) is 3.88. The highest BCUT2D eigenvalue weighted by Crippen LogP contribution is 2.14. The Hall–Kier alpha value is -2.01. The van der Waals surface area contributed by atoms with Crippen molar-refractivity contribution in [2.75, 3.05) is 11.9 Å². The van der Waals surface area contributed by atoms with Crippen LogP contribution in [-0.2, 0) is 6.42 Å². The molecule has 2 nitrogen and oxygen atoms in total. The van der Waals surface area contributed by atoms with Gasteiger partial charge in [0.15, 0.2) is 5.11 Å². The van der Waals surface area contributed by atoms with Gasteiger partial charge in [-0.3, -0.25) is 0 Å². The largest absolute Gasteiger partial charge is 0.362 e. The molecule has 2 aromatic rings. The molecule has 21 heavy (non-hydrogen) atoms. The zero-order valence-corrected chi connectivity index (χ0v) is 12.2. The highest BCUT2D eigenvalue weighted by Gasteiger charge is 2.05. The molecule has 0 aliphatic heterocycles. The maximum atomic E-state index is 13.4. The molecule has 0 heterocycles. The fourth-order valence-corrected chi connectivity index (χ4v) is 2.11. The normalized spacial score (nSPS) is 10.2. The zero-order valence-electron chi connectivity index (χ0n) is 11.4. The first-order chi connectivity index (χ1) is 10.1.